The van der Waals surface area contributed by atoms with E-state index in [0.717, 1.165) is 0 Å². The molecule has 0 saturated heterocycles. The Bertz CT molecular complexity index is 1240. The number of aryl methyl sites for hydroxylation is 1. The molecule has 1 aliphatic heterocycles. The van der Waals surface area contributed by atoms with Gasteiger partial charge in [-0.1, -0.05) is 0 Å². The number of amides is 1. The third kappa shape index (κ3) is 2.67. The van der Waals surface area contributed by atoms with Crippen LogP contribution in [0.5, 0.6) is 5.88 Å². The van der Waals surface area contributed by atoms with Gasteiger partial charge in [0.2, 0.25) is 5.88 Å². The summed E-state index contributed by atoms with van der Waals surface area (Å²) in [5.41, 5.74) is 2.06. The molecule has 3 aromatic rings. The van der Waals surface area contributed by atoms with E-state index < -0.39 is 11.2 Å². The van der Waals surface area contributed by atoms with E-state index in [0.29, 0.717) is 46.0 Å². The number of H-pyrrole nitrogens is 2. The van der Waals surface area contributed by atoms with Crippen LogP contribution in [-0.4, -0.2) is 43.9 Å². The minimum Gasteiger partial charge on any atom is -0.480 e. The number of aromatic amines is 2. The molecule has 144 valence electrons. The summed E-state index contributed by atoms with van der Waals surface area (Å²) in [5, 5.41) is 0. The second-order valence-corrected chi connectivity index (χ2v) is 7.02. The smallest absolute Gasteiger partial charge is 0.326 e. The molecule has 28 heavy (non-hydrogen) atoms. The van der Waals surface area contributed by atoms with E-state index in [1.54, 1.807) is 24.0 Å². The second kappa shape index (κ2) is 6.29. The number of hydrogen-bond acceptors (Lipinski definition) is 6. The van der Waals surface area contributed by atoms with Crippen LogP contribution >= 0.6 is 0 Å². The molecule has 0 aliphatic carbocycles. The fraction of sp³-hybridized carbons (Fsp3) is 0.316. The lowest BCUT2D eigenvalue weighted by Gasteiger charge is -2.19. The molecule has 0 saturated carbocycles. The summed E-state index contributed by atoms with van der Waals surface area (Å²) < 4.78 is 5.43. The zero-order chi connectivity index (χ0) is 20.2. The van der Waals surface area contributed by atoms with E-state index in [4.69, 9.17) is 4.74 Å². The number of ether oxygens (including phenoxy) is 1. The number of nitrogens with zero attached hydrogens (tertiary/aromatic N) is 3. The highest BCUT2D eigenvalue weighted by atomic mass is 16.5. The molecule has 9 heteroatoms. The van der Waals surface area contributed by atoms with Crippen LogP contribution in [0.25, 0.3) is 22.3 Å². The maximum Gasteiger partial charge on any atom is 0.326 e. The van der Waals surface area contributed by atoms with Gasteiger partial charge in [0.15, 0.2) is 5.52 Å². The maximum absolute atomic E-state index is 12.7. The summed E-state index contributed by atoms with van der Waals surface area (Å²) in [4.78, 5) is 51.9. The highest BCUT2D eigenvalue weighted by Gasteiger charge is 2.32. The van der Waals surface area contributed by atoms with Crippen LogP contribution in [0.1, 0.15) is 35.5 Å². The van der Waals surface area contributed by atoms with Gasteiger partial charge in [0.1, 0.15) is 0 Å². The molecule has 0 radical (unpaired) electrons. The molecule has 1 aliphatic rings. The summed E-state index contributed by atoms with van der Waals surface area (Å²) in [5.74, 6) is 0.227. The molecule has 9 nitrogen and oxygen atoms in total. The van der Waals surface area contributed by atoms with E-state index in [2.05, 4.69) is 19.9 Å². The molecular weight excluding hydrogens is 362 g/mol. The van der Waals surface area contributed by atoms with Gasteiger partial charge >= 0.3 is 5.69 Å². The van der Waals surface area contributed by atoms with Gasteiger partial charge in [-0.3, -0.25) is 14.6 Å². The van der Waals surface area contributed by atoms with E-state index in [-0.39, 0.29) is 17.5 Å². The van der Waals surface area contributed by atoms with Gasteiger partial charge in [-0.25, -0.2) is 14.8 Å². The van der Waals surface area contributed by atoms with Crippen molar-refractivity contribution in [2.45, 2.75) is 33.4 Å². The highest BCUT2D eigenvalue weighted by Crippen LogP contribution is 2.34. The number of hydrogen-bond donors (Lipinski definition) is 2. The number of nitrogens with one attached hydrogen (secondary N) is 2. The van der Waals surface area contributed by atoms with Crippen molar-refractivity contribution in [2.24, 2.45) is 0 Å². The van der Waals surface area contributed by atoms with Crippen LogP contribution in [0.4, 0.5) is 0 Å². The van der Waals surface area contributed by atoms with Crippen LogP contribution < -0.4 is 16.0 Å². The number of rotatable bonds is 3. The maximum atomic E-state index is 12.7. The largest absolute Gasteiger partial charge is 0.480 e. The molecule has 3 aromatic heterocycles. The average Bonchev–Trinajstić information content (AvgIpc) is 2.97. The number of pyridine rings is 2. The molecule has 0 bridgehead atoms. The van der Waals surface area contributed by atoms with Gasteiger partial charge in [-0.05, 0) is 38.5 Å². The minimum absolute atomic E-state index is 0.0487. The first-order valence-corrected chi connectivity index (χ1v) is 8.83. The standard InChI is InChI=1S/C19H19N5O4/c1-8(2)24-7-13-11(18(24)26)6-10(17(21-13)28-4)12-5-9(3)14-15(20-12)16(25)23-19(27)22-14/h5-6,8H,7H2,1-4H3,(H2,22,23,25,27). The number of methoxy groups -OCH3 is 1. The Kier molecular flexibility index (Phi) is 4.02. The van der Waals surface area contributed by atoms with Crippen molar-refractivity contribution in [1.82, 2.24) is 24.8 Å². The number of carbonyl (C=O) groups is 1. The van der Waals surface area contributed by atoms with Crippen molar-refractivity contribution in [1.29, 1.82) is 0 Å². The van der Waals surface area contributed by atoms with E-state index in [1.807, 2.05) is 13.8 Å². The molecule has 1 amide bonds. The second-order valence-electron chi connectivity index (χ2n) is 7.02. The molecule has 0 unspecified atom stereocenters. The van der Waals surface area contributed by atoms with E-state index in [9.17, 15) is 14.4 Å². The Labute approximate surface area is 159 Å². The zero-order valence-corrected chi connectivity index (χ0v) is 15.9. The summed E-state index contributed by atoms with van der Waals surface area (Å²) in [6, 6.07) is 3.48. The fourth-order valence-corrected chi connectivity index (χ4v) is 3.42. The van der Waals surface area contributed by atoms with Gasteiger partial charge in [0.25, 0.3) is 11.5 Å². The minimum atomic E-state index is -0.591. The molecule has 4 heterocycles. The van der Waals surface area contributed by atoms with Crippen LogP contribution in [0.3, 0.4) is 0 Å². The summed E-state index contributed by atoms with van der Waals surface area (Å²) in [7, 11) is 1.49. The van der Waals surface area contributed by atoms with Crippen molar-refractivity contribution >= 4 is 16.9 Å². The monoisotopic (exact) mass is 381 g/mol. The molecule has 0 aromatic carbocycles. The Hall–Kier alpha value is -3.49. The van der Waals surface area contributed by atoms with Crippen molar-refractivity contribution in [3.05, 3.63) is 49.8 Å². The average molecular weight is 381 g/mol. The molecule has 0 spiro atoms. The van der Waals surface area contributed by atoms with Crippen LogP contribution in [0, 0.1) is 6.92 Å². The fourth-order valence-electron chi connectivity index (χ4n) is 3.42. The first kappa shape index (κ1) is 17.9. The topological polar surface area (TPSA) is 121 Å². The predicted molar refractivity (Wildman–Crippen MR) is 103 cm³/mol. The van der Waals surface area contributed by atoms with Crippen molar-refractivity contribution in [3.8, 4) is 17.1 Å². The number of aromatic nitrogens is 4. The van der Waals surface area contributed by atoms with Crippen LogP contribution in [-0.2, 0) is 6.54 Å². The third-order valence-electron chi connectivity index (χ3n) is 4.87. The Balaban J connectivity index is 1.95. The van der Waals surface area contributed by atoms with Gasteiger partial charge in [0.05, 0.1) is 41.7 Å². The first-order chi connectivity index (χ1) is 13.3. The van der Waals surface area contributed by atoms with Gasteiger partial charge < -0.3 is 14.6 Å². The normalized spacial score (nSPS) is 13.5. The van der Waals surface area contributed by atoms with E-state index in [1.165, 1.54) is 7.11 Å². The Morgan fingerprint density at radius 2 is 1.86 bits per heavy atom. The predicted octanol–water partition coefficient (Wildman–Crippen LogP) is 1.35. The molecule has 0 fully saturated rings. The highest BCUT2D eigenvalue weighted by molar-refractivity contribution is 5.99. The van der Waals surface area contributed by atoms with Crippen molar-refractivity contribution < 1.29 is 9.53 Å². The summed E-state index contributed by atoms with van der Waals surface area (Å²) in [6.45, 7) is 6.09. The lowest BCUT2D eigenvalue weighted by molar-refractivity contribution is 0.0730. The molecular formula is C19H19N5O4. The quantitative estimate of drug-likeness (QED) is 0.706. The van der Waals surface area contributed by atoms with E-state index >= 15 is 0 Å². The lowest BCUT2D eigenvalue weighted by atomic mass is 10.1. The lowest BCUT2D eigenvalue weighted by Crippen LogP contribution is -2.30. The van der Waals surface area contributed by atoms with Crippen molar-refractivity contribution in [3.63, 3.8) is 0 Å². The first-order valence-electron chi connectivity index (χ1n) is 8.83. The van der Waals surface area contributed by atoms with Crippen LogP contribution in [0.15, 0.2) is 21.7 Å². The molecule has 4 rings (SSSR count). The third-order valence-corrected chi connectivity index (χ3v) is 4.87. The van der Waals surface area contributed by atoms with Gasteiger partial charge in [-0.15, -0.1) is 0 Å². The SMILES string of the molecule is COc1nc2c(cc1-c1cc(C)c3[nH]c(=O)[nH]c(=O)c3n1)C(=O)N(C(C)C)C2. The molecule has 0 atom stereocenters. The van der Waals surface area contributed by atoms with Gasteiger partial charge in [-0.2, -0.15) is 0 Å². The number of carbonyl (C=O) groups excluding carboxylic acids is 1. The molecule has 2 N–H and O–H groups in total. The Morgan fingerprint density at radius 1 is 1.11 bits per heavy atom. The van der Waals surface area contributed by atoms with Crippen molar-refractivity contribution in [2.75, 3.05) is 7.11 Å². The van der Waals surface area contributed by atoms with Crippen LogP contribution in [0.2, 0.25) is 0 Å². The number of fused-ring (bicyclic) bond motifs is 2. The summed E-state index contributed by atoms with van der Waals surface area (Å²) >= 11 is 0. The Morgan fingerprint density at radius 3 is 2.54 bits per heavy atom. The zero-order valence-electron chi connectivity index (χ0n) is 15.9. The summed E-state index contributed by atoms with van der Waals surface area (Å²) in [6.07, 6.45) is 0. The van der Waals surface area contributed by atoms with Gasteiger partial charge in [0, 0.05) is 6.04 Å².